The molecule has 0 bridgehead atoms. The number of hydrogen-bond acceptors (Lipinski definition) is 5. The van der Waals surface area contributed by atoms with Crippen LogP contribution in [-0.4, -0.2) is 33.6 Å². The van der Waals surface area contributed by atoms with Crippen molar-refractivity contribution in [3.05, 3.63) is 41.9 Å². The Morgan fingerprint density at radius 3 is 2.36 bits per heavy atom. The van der Waals surface area contributed by atoms with E-state index >= 15 is 0 Å². The van der Waals surface area contributed by atoms with Gasteiger partial charge in [-0.2, -0.15) is 0 Å². The van der Waals surface area contributed by atoms with Gasteiger partial charge in [-0.05, 0) is 88.6 Å². The summed E-state index contributed by atoms with van der Waals surface area (Å²) in [6.07, 6.45) is 6.89. The summed E-state index contributed by atoms with van der Waals surface area (Å²) >= 11 is 0. The van der Waals surface area contributed by atoms with Gasteiger partial charge in [-0.15, -0.1) is 0 Å². The lowest BCUT2D eigenvalue weighted by atomic mass is 9.79. The van der Waals surface area contributed by atoms with Crippen molar-refractivity contribution >= 4 is 17.8 Å². The van der Waals surface area contributed by atoms with E-state index in [2.05, 4.69) is 27.5 Å². The highest BCUT2D eigenvalue weighted by Gasteiger charge is 2.34. The number of nitrogens with zero attached hydrogens (tertiary/aromatic N) is 2. The number of carbonyl (C=O) groups excluding carboxylic acids is 2. The molecule has 1 saturated carbocycles. The van der Waals surface area contributed by atoms with Gasteiger partial charge in [0.1, 0.15) is 17.5 Å². The number of alkyl carbamates (subject to hydrolysis) is 1. The summed E-state index contributed by atoms with van der Waals surface area (Å²) < 4.78 is 5.42. The molecule has 0 aliphatic heterocycles. The van der Waals surface area contributed by atoms with Gasteiger partial charge in [-0.3, -0.25) is 9.78 Å². The molecular formula is C26H36N4O3. The lowest BCUT2D eigenvalue weighted by Gasteiger charge is -2.32. The van der Waals surface area contributed by atoms with Crippen LogP contribution >= 0.6 is 0 Å². The van der Waals surface area contributed by atoms with Gasteiger partial charge in [0, 0.05) is 23.7 Å². The van der Waals surface area contributed by atoms with Crippen LogP contribution in [0.3, 0.4) is 0 Å². The van der Waals surface area contributed by atoms with Crippen LogP contribution in [0.2, 0.25) is 0 Å². The van der Waals surface area contributed by atoms with E-state index in [4.69, 9.17) is 4.74 Å². The van der Waals surface area contributed by atoms with Crippen LogP contribution in [0.25, 0.3) is 11.1 Å². The molecule has 2 heterocycles. The average Bonchev–Trinajstić information content (AvgIpc) is 2.74. The zero-order valence-corrected chi connectivity index (χ0v) is 20.6. The Bertz CT molecular complexity index is 974. The molecule has 0 saturated heterocycles. The van der Waals surface area contributed by atoms with E-state index in [0.717, 1.165) is 48.1 Å². The second-order valence-electron chi connectivity index (χ2n) is 10.2. The summed E-state index contributed by atoms with van der Waals surface area (Å²) in [7, 11) is 0. The van der Waals surface area contributed by atoms with Gasteiger partial charge in [0.05, 0.1) is 0 Å². The Hall–Kier alpha value is -2.96. The summed E-state index contributed by atoms with van der Waals surface area (Å²) in [5, 5.41) is 5.71. The number of ether oxygens (including phenoxy) is 1. The van der Waals surface area contributed by atoms with E-state index in [1.165, 1.54) is 0 Å². The fourth-order valence-electron chi connectivity index (χ4n) is 4.22. The molecule has 0 unspecified atom stereocenters. The van der Waals surface area contributed by atoms with E-state index < -0.39 is 17.7 Å². The van der Waals surface area contributed by atoms with Crippen LogP contribution in [0, 0.1) is 25.7 Å². The van der Waals surface area contributed by atoms with Crippen molar-refractivity contribution in [1.29, 1.82) is 0 Å². The van der Waals surface area contributed by atoms with Crippen molar-refractivity contribution in [2.45, 2.75) is 78.9 Å². The molecule has 0 radical (unpaired) electrons. The molecule has 33 heavy (non-hydrogen) atoms. The first-order valence-electron chi connectivity index (χ1n) is 11.7. The molecule has 2 N–H and O–H groups in total. The molecule has 1 aliphatic carbocycles. The van der Waals surface area contributed by atoms with Gasteiger partial charge >= 0.3 is 6.09 Å². The highest BCUT2D eigenvalue weighted by atomic mass is 16.6. The fourth-order valence-corrected chi connectivity index (χ4v) is 4.22. The molecule has 1 atom stereocenters. The first-order chi connectivity index (χ1) is 15.5. The topological polar surface area (TPSA) is 93.2 Å². The molecular weight excluding hydrogens is 416 g/mol. The molecule has 2 amide bonds. The number of pyridine rings is 2. The zero-order valence-electron chi connectivity index (χ0n) is 20.6. The number of hydrogen-bond donors (Lipinski definition) is 2. The van der Waals surface area contributed by atoms with Crippen LogP contribution in [0.1, 0.15) is 64.6 Å². The van der Waals surface area contributed by atoms with Crippen LogP contribution in [0.4, 0.5) is 10.6 Å². The molecule has 0 aromatic carbocycles. The monoisotopic (exact) mass is 452 g/mol. The maximum Gasteiger partial charge on any atom is 0.408 e. The normalized spacial score (nSPS) is 19.5. The van der Waals surface area contributed by atoms with Crippen LogP contribution in [0.5, 0.6) is 0 Å². The maximum absolute atomic E-state index is 13.2. The van der Waals surface area contributed by atoms with Crippen LogP contribution in [0.15, 0.2) is 30.6 Å². The van der Waals surface area contributed by atoms with Crippen molar-refractivity contribution in [2.75, 3.05) is 5.32 Å². The number of anilines is 1. The SMILES string of the molecule is Cc1cc(-c2ccc(NC(=O)[C@@H](NC(=O)OC(C)(C)C)C3CCC(C)CC3)nc2)c(C)cn1. The smallest absolute Gasteiger partial charge is 0.408 e. The minimum Gasteiger partial charge on any atom is -0.444 e. The van der Waals surface area contributed by atoms with E-state index in [-0.39, 0.29) is 11.8 Å². The van der Waals surface area contributed by atoms with Crippen molar-refractivity contribution in [2.24, 2.45) is 11.8 Å². The number of amides is 2. The van der Waals surface area contributed by atoms with Crippen molar-refractivity contribution in [1.82, 2.24) is 15.3 Å². The molecule has 3 rings (SSSR count). The minimum atomic E-state index is -0.668. The van der Waals surface area contributed by atoms with Crippen molar-refractivity contribution in [3.63, 3.8) is 0 Å². The van der Waals surface area contributed by atoms with Gasteiger partial charge in [0.25, 0.3) is 0 Å². The lowest BCUT2D eigenvalue weighted by Crippen LogP contribution is -2.50. The number of nitrogens with one attached hydrogen (secondary N) is 2. The highest BCUT2D eigenvalue weighted by Crippen LogP contribution is 2.31. The molecule has 1 aliphatic rings. The third kappa shape index (κ3) is 7.01. The first kappa shape index (κ1) is 24.7. The van der Waals surface area contributed by atoms with Crippen LogP contribution < -0.4 is 10.6 Å². The highest BCUT2D eigenvalue weighted by molar-refractivity contribution is 5.96. The molecule has 0 spiro atoms. The summed E-state index contributed by atoms with van der Waals surface area (Å²) in [5.74, 6) is 0.889. The molecule has 2 aromatic heterocycles. The average molecular weight is 453 g/mol. The Labute approximate surface area is 196 Å². The Balaban J connectivity index is 1.74. The number of rotatable bonds is 5. The fraction of sp³-hybridized carbons (Fsp3) is 0.538. The van der Waals surface area contributed by atoms with E-state index in [0.29, 0.717) is 11.7 Å². The van der Waals surface area contributed by atoms with Gasteiger partial charge in [0.2, 0.25) is 5.91 Å². The van der Waals surface area contributed by atoms with E-state index in [9.17, 15) is 9.59 Å². The van der Waals surface area contributed by atoms with Gasteiger partial charge in [0.15, 0.2) is 0 Å². The number of carbonyl (C=O) groups is 2. The quantitative estimate of drug-likeness (QED) is 0.632. The summed E-state index contributed by atoms with van der Waals surface area (Å²) in [4.78, 5) is 34.4. The molecule has 178 valence electrons. The van der Waals surface area contributed by atoms with E-state index in [1.54, 1.807) is 33.0 Å². The summed E-state index contributed by atoms with van der Waals surface area (Å²) in [6, 6.07) is 5.08. The second kappa shape index (κ2) is 10.3. The predicted molar refractivity (Wildman–Crippen MR) is 130 cm³/mol. The third-order valence-electron chi connectivity index (χ3n) is 6.05. The Kier molecular flexibility index (Phi) is 7.72. The van der Waals surface area contributed by atoms with E-state index in [1.807, 2.05) is 32.2 Å². The molecule has 1 fully saturated rings. The van der Waals surface area contributed by atoms with Crippen molar-refractivity contribution < 1.29 is 14.3 Å². The van der Waals surface area contributed by atoms with Gasteiger partial charge in [-0.25, -0.2) is 9.78 Å². The molecule has 7 nitrogen and oxygen atoms in total. The van der Waals surface area contributed by atoms with Gasteiger partial charge in [-0.1, -0.05) is 19.8 Å². The second-order valence-corrected chi connectivity index (χ2v) is 10.2. The standard InChI is InChI=1S/C26H36N4O3/c1-16-7-9-19(10-8-16)23(30-25(32)33-26(4,5)6)24(31)29-22-12-11-20(15-28-22)21-13-18(3)27-14-17(21)2/h11-16,19,23H,7-10H2,1-6H3,(H,30,32)(H,28,29,31)/t16?,19?,23-/m0/s1. The summed E-state index contributed by atoms with van der Waals surface area (Å²) in [5.41, 5.74) is 3.39. The van der Waals surface area contributed by atoms with Crippen molar-refractivity contribution in [3.8, 4) is 11.1 Å². The minimum absolute atomic E-state index is 0.0652. The largest absolute Gasteiger partial charge is 0.444 e. The first-order valence-corrected chi connectivity index (χ1v) is 11.7. The number of aromatic nitrogens is 2. The molecule has 7 heteroatoms. The zero-order chi connectivity index (χ0) is 24.2. The molecule has 2 aromatic rings. The Morgan fingerprint density at radius 2 is 1.76 bits per heavy atom. The summed E-state index contributed by atoms with van der Waals surface area (Å²) in [6.45, 7) is 11.6. The van der Waals surface area contributed by atoms with Gasteiger partial charge < -0.3 is 15.4 Å². The Morgan fingerprint density at radius 1 is 1.06 bits per heavy atom. The number of aryl methyl sites for hydroxylation is 2. The predicted octanol–water partition coefficient (Wildman–Crippen LogP) is 5.42. The lowest BCUT2D eigenvalue weighted by molar-refractivity contribution is -0.119. The third-order valence-corrected chi connectivity index (χ3v) is 6.05. The van der Waals surface area contributed by atoms with Crippen LogP contribution in [-0.2, 0) is 9.53 Å². The maximum atomic E-state index is 13.2.